The number of fused-ring (bicyclic) bond motifs is 1. The molecule has 0 bridgehead atoms. The van der Waals surface area contributed by atoms with Crippen molar-refractivity contribution in [3.63, 3.8) is 0 Å². The lowest BCUT2D eigenvalue weighted by molar-refractivity contribution is 0.174. The van der Waals surface area contributed by atoms with Crippen LogP contribution >= 0.6 is 28.3 Å². The minimum absolute atomic E-state index is 0. The van der Waals surface area contributed by atoms with Gasteiger partial charge in [-0.05, 0) is 19.1 Å². The van der Waals surface area contributed by atoms with Gasteiger partial charge in [-0.25, -0.2) is 4.98 Å². The summed E-state index contributed by atoms with van der Waals surface area (Å²) >= 11 is 1.58. The first-order valence-electron chi connectivity index (χ1n) is 6.97. The van der Waals surface area contributed by atoms with E-state index in [0.29, 0.717) is 0 Å². The van der Waals surface area contributed by atoms with Gasteiger partial charge in [-0.15, -0.1) is 28.3 Å². The molecular weight excluding hydrogens is 376 g/mol. The highest BCUT2D eigenvalue weighted by molar-refractivity contribution is 8.93. The van der Waals surface area contributed by atoms with E-state index in [4.69, 9.17) is 9.47 Å². The Labute approximate surface area is 148 Å². The Bertz CT molecular complexity index is 818. The quantitative estimate of drug-likeness (QED) is 0.669. The first-order chi connectivity index (χ1) is 10.8. The summed E-state index contributed by atoms with van der Waals surface area (Å²) in [6, 6.07) is 14.2. The van der Waals surface area contributed by atoms with Crippen LogP contribution in [-0.2, 0) is 0 Å². The predicted octanol–water partition coefficient (Wildman–Crippen LogP) is 5.17. The standard InChI is InChI=1S/C17H14N2O2S.BrH/c1-11-2-4-12(5-3-11)14-9-22-17(19-14)18-13-6-7-15-16(8-13)21-10-20-15;/h2-9H,10H2,1H3,(H,18,19);1H. The number of anilines is 2. The van der Waals surface area contributed by atoms with Crippen LogP contribution in [0.3, 0.4) is 0 Å². The molecule has 0 unspecified atom stereocenters. The maximum atomic E-state index is 5.38. The highest BCUT2D eigenvalue weighted by Crippen LogP contribution is 2.35. The summed E-state index contributed by atoms with van der Waals surface area (Å²) in [4.78, 5) is 4.63. The summed E-state index contributed by atoms with van der Waals surface area (Å²) in [5.41, 5.74) is 4.29. The number of nitrogens with zero attached hydrogens (tertiary/aromatic N) is 1. The zero-order chi connectivity index (χ0) is 14.9. The van der Waals surface area contributed by atoms with E-state index in [2.05, 4.69) is 46.9 Å². The number of nitrogens with one attached hydrogen (secondary N) is 1. The summed E-state index contributed by atoms with van der Waals surface area (Å²) in [7, 11) is 0. The average molecular weight is 391 g/mol. The van der Waals surface area contributed by atoms with Crippen molar-refractivity contribution in [2.45, 2.75) is 6.92 Å². The summed E-state index contributed by atoms with van der Waals surface area (Å²) in [5, 5.41) is 6.22. The van der Waals surface area contributed by atoms with Crippen molar-refractivity contribution in [1.29, 1.82) is 0 Å². The first kappa shape index (κ1) is 15.8. The molecule has 1 aliphatic rings. The number of halogens is 1. The van der Waals surface area contributed by atoms with E-state index in [1.165, 1.54) is 5.56 Å². The topological polar surface area (TPSA) is 43.4 Å². The zero-order valence-electron chi connectivity index (χ0n) is 12.4. The fourth-order valence-electron chi connectivity index (χ4n) is 2.29. The molecule has 1 N–H and O–H groups in total. The Kier molecular flexibility index (Phi) is 4.54. The molecule has 0 saturated heterocycles. The largest absolute Gasteiger partial charge is 0.454 e. The molecule has 0 aliphatic carbocycles. The third-order valence-electron chi connectivity index (χ3n) is 3.48. The van der Waals surface area contributed by atoms with Crippen LogP contribution in [0.5, 0.6) is 11.5 Å². The normalized spacial score (nSPS) is 11.9. The molecule has 0 radical (unpaired) electrons. The van der Waals surface area contributed by atoms with Crippen LogP contribution in [0, 0.1) is 6.92 Å². The van der Waals surface area contributed by atoms with Gasteiger partial charge < -0.3 is 14.8 Å². The Balaban J connectivity index is 0.00000156. The molecule has 2 heterocycles. The number of aromatic nitrogens is 1. The lowest BCUT2D eigenvalue weighted by Gasteiger charge is -2.03. The molecule has 3 aromatic rings. The molecule has 0 amide bonds. The lowest BCUT2D eigenvalue weighted by atomic mass is 10.1. The van der Waals surface area contributed by atoms with Crippen LogP contribution in [0.2, 0.25) is 0 Å². The van der Waals surface area contributed by atoms with Gasteiger partial charge in [0.1, 0.15) is 0 Å². The Morgan fingerprint density at radius 3 is 2.65 bits per heavy atom. The Hall–Kier alpha value is -2.05. The van der Waals surface area contributed by atoms with Crippen LogP contribution in [0.1, 0.15) is 5.56 Å². The first-order valence-corrected chi connectivity index (χ1v) is 7.85. The Morgan fingerprint density at radius 1 is 1.04 bits per heavy atom. The third kappa shape index (κ3) is 3.33. The van der Waals surface area contributed by atoms with Crippen LogP contribution < -0.4 is 14.8 Å². The minimum atomic E-state index is 0. The molecule has 0 saturated carbocycles. The molecule has 2 aromatic carbocycles. The van der Waals surface area contributed by atoms with E-state index in [1.807, 2.05) is 18.2 Å². The van der Waals surface area contributed by atoms with Crippen molar-refractivity contribution < 1.29 is 9.47 Å². The number of rotatable bonds is 3. The summed E-state index contributed by atoms with van der Waals surface area (Å²) < 4.78 is 10.7. The molecule has 118 valence electrons. The van der Waals surface area contributed by atoms with Gasteiger partial charge in [0, 0.05) is 22.7 Å². The van der Waals surface area contributed by atoms with E-state index in [1.54, 1.807) is 11.3 Å². The number of ether oxygens (including phenoxy) is 2. The van der Waals surface area contributed by atoms with E-state index in [-0.39, 0.29) is 23.8 Å². The lowest BCUT2D eigenvalue weighted by Crippen LogP contribution is -1.93. The monoisotopic (exact) mass is 390 g/mol. The van der Waals surface area contributed by atoms with E-state index < -0.39 is 0 Å². The maximum absolute atomic E-state index is 5.38. The average Bonchev–Trinajstić information content (AvgIpc) is 3.17. The second kappa shape index (κ2) is 6.60. The molecule has 4 nitrogen and oxygen atoms in total. The summed E-state index contributed by atoms with van der Waals surface area (Å²) in [6.07, 6.45) is 0. The number of aryl methyl sites for hydroxylation is 1. The van der Waals surface area contributed by atoms with Crippen molar-refractivity contribution in [2.24, 2.45) is 0 Å². The van der Waals surface area contributed by atoms with E-state index >= 15 is 0 Å². The van der Waals surface area contributed by atoms with Gasteiger partial charge in [0.25, 0.3) is 0 Å². The second-order valence-electron chi connectivity index (χ2n) is 5.10. The summed E-state index contributed by atoms with van der Waals surface area (Å²) in [5.74, 6) is 1.55. The minimum Gasteiger partial charge on any atom is -0.454 e. The van der Waals surface area contributed by atoms with Gasteiger partial charge in [-0.2, -0.15) is 0 Å². The Morgan fingerprint density at radius 2 is 1.83 bits per heavy atom. The van der Waals surface area contributed by atoms with Crippen molar-refractivity contribution >= 4 is 39.1 Å². The van der Waals surface area contributed by atoms with Crippen LogP contribution in [-0.4, -0.2) is 11.8 Å². The summed E-state index contributed by atoms with van der Waals surface area (Å²) in [6.45, 7) is 2.37. The van der Waals surface area contributed by atoms with Crippen molar-refractivity contribution in [1.82, 2.24) is 4.98 Å². The molecular formula is C17H15BrN2O2S. The number of hydrogen-bond acceptors (Lipinski definition) is 5. The highest BCUT2D eigenvalue weighted by Gasteiger charge is 2.13. The van der Waals surface area contributed by atoms with Gasteiger partial charge in [0.15, 0.2) is 16.6 Å². The number of hydrogen-bond donors (Lipinski definition) is 1. The SMILES string of the molecule is Br.Cc1ccc(-c2csc(Nc3ccc4c(c3)OCO4)n2)cc1. The zero-order valence-corrected chi connectivity index (χ0v) is 14.9. The molecule has 23 heavy (non-hydrogen) atoms. The fraction of sp³-hybridized carbons (Fsp3) is 0.118. The maximum Gasteiger partial charge on any atom is 0.231 e. The molecule has 1 aromatic heterocycles. The van der Waals surface area contributed by atoms with Gasteiger partial charge in [-0.1, -0.05) is 29.8 Å². The molecule has 4 rings (SSSR count). The van der Waals surface area contributed by atoms with E-state index in [9.17, 15) is 0 Å². The molecule has 0 atom stereocenters. The van der Waals surface area contributed by atoms with Gasteiger partial charge >= 0.3 is 0 Å². The smallest absolute Gasteiger partial charge is 0.231 e. The van der Waals surface area contributed by atoms with Crippen molar-refractivity contribution in [2.75, 3.05) is 12.1 Å². The number of benzene rings is 2. The third-order valence-corrected chi connectivity index (χ3v) is 4.23. The van der Waals surface area contributed by atoms with Gasteiger partial charge in [-0.3, -0.25) is 0 Å². The van der Waals surface area contributed by atoms with Crippen molar-refractivity contribution in [3.05, 3.63) is 53.4 Å². The molecule has 1 aliphatic heterocycles. The van der Waals surface area contributed by atoms with Crippen LogP contribution in [0.25, 0.3) is 11.3 Å². The van der Waals surface area contributed by atoms with Gasteiger partial charge in [0.05, 0.1) is 5.69 Å². The molecule has 0 spiro atoms. The second-order valence-corrected chi connectivity index (χ2v) is 5.96. The van der Waals surface area contributed by atoms with Gasteiger partial charge in [0.2, 0.25) is 6.79 Å². The van der Waals surface area contributed by atoms with Crippen molar-refractivity contribution in [3.8, 4) is 22.8 Å². The van der Waals surface area contributed by atoms with Crippen LogP contribution in [0.15, 0.2) is 47.8 Å². The predicted molar refractivity (Wildman–Crippen MR) is 98.5 cm³/mol. The van der Waals surface area contributed by atoms with Crippen LogP contribution in [0.4, 0.5) is 10.8 Å². The fourth-order valence-corrected chi connectivity index (χ4v) is 3.03. The molecule has 0 fully saturated rings. The highest BCUT2D eigenvalue weighted by atomic mass is 79.9. The van der Waals surface area contributed by atoms with E-state index in [0.717, 1.165) is 33.6 Å². The molecule has 6 heteroatoms. The number of thiazole rings is 1.